The van der Waals surface area contributed by atoms with E-state index in [0.717, 1.165) is 21.7 Å². The summed E-state index contributed by atoms with van der Waals surface area (Å²) in [5.74, 6) is 0.282. The van der Waals surface area contributed by atoms with Gasteiger partial charge in [-0.25, -0.2) is 9.59 Å². The van der Waals surface area contributed by atoms with Crippen LogP contribution in [0.4, 0.5) is 4.79 Å². The number of hydrogen-bond donors (Lipinski definition) is 1. The van der Waals surface area contributed by atoms with Gasteiger partial charge in [-0.15, -0.1) is 11.8 Å². The predicted molar refractivity (Wildman–Crippen MR) is 147 cm³/mol. The molecule has 7 nitrogen and oxygen atoms in total. The van der Waals surface area contributed by atoms with Gasteiger partial charge in [0.2, 0.25) is 0 Å². The highest BCUT2D eigenvalue weighted by atomic mass is 32.2. The molecule has 2 heterocycles. The topological polar surface area (TPSA) is 81.0 Å². The van der Waals surface area contributed by atoms with E-state index in [9.17, 15) is 14.7 Å². The molecule has 8 heteroatoms. The van der Waals surface area contributed by atoms with Gasteiger partial charge < -0.3 is 24.0 Å². The number of benzene rings is 2. The number of aryl methyl sites for hydroxylation is 1. The molecule has 1 aromatic heterocycles. The molecular weight excluding hydrogens is 488 g/mol. The molecule has 0 radical (unpaired) electrons. The van der Waals surface area contributed by atoms with Gasteiger partial charge >= 0.3 is 12.1 Å². The lowest BCUT2D eigenvalue weighted by molar-refractivity contribution is 0.0270. The molecule has 0 fully saturated rings. The molecule has 0 spiro atoms. The molecule has 1 amide bonds. The molecule has 1 N–H and O–H groups in total. The van der Waals surface area contributed by atoms with Crippen molar-refractivity contribution in [3.8, 4) is 5.75 Å². The zero-order valence-corrected chi connectivity index (χ0v) is 22.9. The van der Waals surface area contributed by atoms with E-state index in [0.29, 0.717) is 41.8 Å². The van der Waals surface area contributed by atoms with Gasteiger partial charge in [-0.1, -0.05) is 24.3 Å². The first kappa shape index (κ1) is 26.7. The smallest absolute Gasteiger partial charge is 0.410 e. The van der Waals surface area contributed by atoms with Crippen LogP contribution >= 0.6 is 11.8 Å². The number of amides is 1. The number of phenolic OH excluding ortho intramolecular Hbond substituents is 1. The predicted octanol–water partition coefficient (Wildman–Crippen LogP) is 6.38. The molecule has 4 rings (SSSR count). The van der Waals surface area contributed by atoms with Crippen molar-refractivity contribution < 1.29 is 24.2 Å². The summed E-state index contributed by atoms with van der Waals surface area (Å²) in [4.78, 5) is 28.2. The normalized spacial score (nSPS) is 14.0. The Morgan fingerprint density at radius 1 is 1.14 bits per heavy atom. The average Bonchev–Trinajstić information content (AvgIpc) is 3.12. The van der Waals surface area contributed by atoms with E-state index < -0.39 is 11.6 Å². The molecule has 0 aliphatic carbocycles. The number of aromatic nitrogens is 1. The Hall–Kier alpha value is -3.39. The standard InChI is InChI=1S/C29H34N2O5S/c1-6-35-27(33)26-22-17-25(32)21(19-12-14-31(15-13-19)28(34)36-29(2,3)4)16-23(22)30(5)24(26)18-37-20-10-8-7-9-11-20/h7-12,16-17,32H,6,13-15,18H2,1-5H3. The maximum absolute atomic E-state index is 13.0. The summed E-state index contributed by atoms with van der Waals surface area (Å²) in [5.41, 5.74) is 3.28. The zero-order chi connectivity index (χ0) is 26.7. The van der Waals surface area contributed by atoms with Crippen LogP contribution < -0.4 is 0 Å². The van der Waals surface area contributed by atoms with Crippen molar-refractivity contribution in [3.63, 3.8) is 0 Å². The first-order chi connectivity index (χ1) is 17.6. The first-order valence-electron chi connectivity index (χ1n) is 12.5. The molecule has 1 aliphatic rings. The SMILES string of the molecule is CCOC(=O)c1c(CSc2ccccc2)n(C)c2cc(C3=CCN(C(=O)OC(C)(C)C)CC3)c(O)cc12. The van der Waals surface area contributed by atoms with Crippen LogP contribution in [0.3, 0.4) is 0 Å². The summed E-state index contributed by atoms with van der Waals surface area (Å²) >= 11 is 1.64. The summed E-state index contributed by atoms with van der Waals surface area (Å²) in [5, 5.41) is 11.7. The Balaban J connectivity index is 1.68. The van der Waals surface area contributed by atoms with Gasteiger partial charge in [0.1, 0.15) is 11.4 Å². The monoisotopic (exact) mass is 522 g/mol. The van der Waals surface area contributed by atoms with Crippen LogP contribution in [0, 0.1) is 0 Å². The number of rotatable bonds is 6. The van der Waals surface area contributed by atoms with Gasteiger partial charge in [-0.3, -0.25) is 0 Å². The second-order valence-electron chi connectivity index (χ2n) is 10.00. The maximum Gasteiger partial charge on any atom is 0.410 e. The third-order valence-electron chi connectivity index (χ3n) is 6.24. The van der Waals surface area contributed by atoms with Crippen molar-refractivity contribution >= 4 is 40.3 Å². The summed E-state index contributed by atoms with van der Waals surface area (Å²) in [7, 11) is 1.94. The molecular formula is C29H34N2O5S. The number of fused-ring (bicyclic) bond motifs is 1. The molecule has 0 saturated carbocycles. The Kier molecular flexibility index (Phi) is 7.87. The summed E-state index contributed by atoms with van der Waals surface area (Å²) in [6.45, 7) is 8.50. The quantitative estimate of drug-likeness (QED) is 0.299. The van der Waals surface area contributed by atoms with Crippen LogP contribution in [-0.4, -0.2) is 51.9 Å². The molecule has 0 unspecified atom stereocenters. The lowest BCUT2D eigenvalue weighted by Gasteiger charge is -2.29. The number of nitrogens with zero attached hydrogens (tertiary/aromatic N) is 2. The Morgan fingerprint density at radius 3 is 2.49 bits per heavy atom. The number of ether oxygens (including phenoxy) is 2. The molecule has 0 atom stereocenters. The molecule has 0 saturated heterocycles. The van der Waals surface area contributed by atoms with Crippen molar-refractivity contribution in [3.05, 3.63) is 65.4 Å². The second kappa shape index (κ2) is 10.9. The number of esters is 1. The number of carbonyl (C=O) groups excluding carboxylic acids is 2. The molecule has 3 aromatic rings. The zero-order valence-electron chi connectivity index (χ0n) is 22.0. The van der Waals surface area contributed by atoms with E-state index in [4.69, 9.17) is 9.47 Å². The number of carbonyl (C=O) groups is 2. The van der Waals surface area contributed by atoms with Crippen molar-refractivity contribution in [2.45, 2.75) is 50.4 Å². The van der Waals surface area contributed by atoms with Gasteiger partial charge in [0.25, 0.3) is 0 Å². The Bertz CT molecular complexity index is 1340. The van der Waals surface area contributed by atoms with Crippen molar-refractivity contribution in [2.24, 2.45) is 7.05 Å². The van der Waals surface area contributed by atoms with E-state index in [1.807, 2.05) is 74.9 Å². The molecule has 196 valence electrons. The minimum absolute atomic E-state index is 0.0999. The van der Waals surface area contributed by atoms with Gasteiger partial charge in [0, 0.05) is 52.9 Å². The number of hydrogen-bond acceptors (Lipinski definition) is 6. The third kappa shape index (κ3) is 5.96. The fourth-order valence-electron chi connectivity index (χ4n) is 4.45. The van der Waals surface area contributed by atoms with Crippen LogP contribution in [0.25, 0.3) is 16.5 Å². The van der Waals surface area contributed by atoms with Gasteiger partial charge in [-0.05, 0) is 64.0 Å². The summed E-state index contributed by atoms with van der Waals surface area (Å²) < 4.78 is 12.9. The maximum atomic E-state index is 13.0. The highest BCUT2D eigenvalue weighted by Gasteiger charge is 2.27. The van der Waals surface area contributed by atoms with E-state index in [2.05, 4.69) is 0 Å². The Labute approximate surface area is 222 Å². The molecule has 0 bridgehead atoms. The summed E-state index contributed by atoms with van der Waals surface area (Å²) in [6, 6.07) is 13.6. The molecule has 1 aliphatic heterocycles. The largest absolute Gasteiger partial charge is 0.507 e. The lowest BCUT2D eigenvalue weighted by Crippen LogP contribution is -2.39. The fraction of sp³-hybridized carbons (Fsp3) is 0.379. The molecule has 2 aromatic carbocycles. The lowest BCUT2D eigenvalue weighted by atomic mass is 9.97. The van der Waals surface area contributed by atoms with Crippen LogP contribution in [0.2, 0.25) is 0 Å². The van der Waals surface area contributed by atoms with Gasteiger partial charge in [-0.2, -0.15) is 0 Å². The van der Waals surface area contributed by atoms with Crippen LogP contribution in [0.15, 0.2) is 53.4 Å². The minimum atomic E-state index is -0.552. The van der Waals surface area contributed by atoms with Crippen LogP contribution in [-0.2, 0) is 22.3 Å². The van der Waals surface area contributed by atoms with Crippen molar-refractivity contribution in [2.75, 3.05) is 19.7 Å². The van der Waals surface area contributed by atoms with Crippen LogP contribution in [0.5, 0.6) is 5.75 Å². The molecule has 37 heavy (non-hydrogen) atoms. The number of thioether (sulfide) groups is 1. The second-order valence-corrected chi connectivity index (χ2v) is 11.0. The van der Waals surface area contributed by atoms with E-state index in [-0.39, 0.29) is 18.4 Å². The highest BCUT2D eigenvalue weighted by Crippen LogP contribution is 2.38. The highest BCUT2D eigenvalue weighted by molar-refractivity contribution is 7.98. The third-order valence-corrected chi connectivity index (χ3v) is 7.27. The number of phenols is 1. The van der Waals surface area contributed by atoms with Crippen molar-refractivity contribution in [1.82, 2.24) is 9.47 Å². The van der Waals surface area contributed by atoms with Gasteiger partial charge in [0.05, 0.1) is 12.2 Å². The number of aromatic hydroxyl groups is 1. The fourth-order valence-corrected chi connectivity index (χ4v) is 5.45. The first-order valence-corrected chi connectivity index (χ1v) is 13.4. The van der Waals surface area contributed by atoms with E-state index in [1.54, 1.807) is 29.7 Å². The Morgan fingerprint density at radius 2 is 1.86 bits per heavy atom. The minimum Gasteiger partial charge on any atom is -0.507 e. The van der Waals surface area contributed by atoms with Crippen molar-refractivity contribution in [1.29, 1.82) is 0 Å². The van der Waals surface area contributed by atoms with Crippen LogP contribution in [0.1, 0.15) is 55.7 Å². The summed E-state index contributed by atoms with van der Waals surface area (Å²) in [6.07, 6.45) is 2.20. The van der Waals surface area contributed by atoms with Gasteiger partial charge in [0.15, 0.2) is 0 Å². The van der Waals surface area contributed by atoms with E-state index in [1.165, 1.54) is 0 Å². The van der Waals surface area contributed by atoms with E-state index >= 15 is 0 Å². The average molecular weight is 523 g/mol.